The fraction of sp³-hybridized carbons (Fsp3) is 0.167. The maximum atomic E-state index is 12.2. The van der Waals surface area contributed by atoms with Crippen LogP contribution in [0.4, 0.5) is 0 Å². The molecule has 3 nitrogen and oxygen atoms in total. The highest BCUT2D eigenvalue weighted by molar-refractivity contribution is 6.36. The Bertz CT molecular complexity index is 911. The van der Waals surface area contributed by atoms with Crippen LogP contribution in [0, 0.1) is 0 Å². The van der Waals surface area contributed by atoms with Crippen molar-refractivity contribution in [3.63, 3.8) is 0 Å². The van der Waals surface area contributed by atoms with Crippen molar-refractivity contribution < 1.29 is 9.53 Å². The first-order valence-corrected chi connectivity index (χ1v) is 7.58. The molecule has 0 amide bonds. The number of para-hydroxylation sites is 1. The van der Waals surface area contributed by atoms with Crippen molar-refractivity contribution in [1.29, 1.82) is 0 Å². The summed E-state index contributed by atoms with van der Waals surface area (Å²) < 4.78 is 5.47. The molecule has 1 aromatic heterocycles. The van der Waals surface area contributed by atoms with Crippen LogP contribution in [0.2, 0.25) is 5.02 Å². The Labute approximate surface area is 132 Å². The Morgan fingerprint density at radius 3 is 2.73 bits per heavy atom. The predicted octanol–water partition coefficient (Wildman–Crippen LogP) is 4.63. The van der Waals surface area contributed by atoms with Gasteiger partial charge in [-0.05, 0) is 36.2 Å². The molecular weight excluding hydrogens is 298 g/mol. The number of hydrogen-bond donors (Lipinski definition) is 1. The number of benzene rings is 2. The number of hydrogen-bond acceptors (Lipinski definition) is 2. The molecule has 0 unspecified atom stereocenters. The minimum Gasteiger partial charge on any atom is -0.496 e. The van der Waals surface area contributed by atoms with Crippen LogP contribution >= 0.6 is 11.6 Å². The Morgan fingerprint density at radius 2 is 1.91 bits per heavy atom. The zero-order valence-electron chi connectivity index (χ0n) is 12.1. The van der Waals surface area contributed by atoms with Crippen LogP contribution in [-0.4, -0.2) is 17.9 Å². The van der Waals surface area contributed by atoms with Gasteiger partial charge in [0, 0.05) is 22.9 Å². The van der Waals surface area contributed by atoms with E-state index >= 15 is 0 Å². The number of ether oxygens (including phenoxy) is 1. The number of ketones is 1. The van der Waals surface area contributed by atoms with Gasteiger partial charge in [-0.3, -0.25) is 4.79 Å². The van der Waals surface area contributed by atoms with Crippen molar-refractivity contribution >= 4 is 28.3 Å². The zero-order chi connectivity index (χ0) is 15.3. The third kappa shape index (κ3) is 1.79. The summed E-state index contributed by atoms with van der Waals surface area (Å²) in [5.41, 5.74) is 4.74. The quantitative estimate of drug-likeness (QED) is 0.750. The van der Waals surface area contributed by atoms with Gasteiger partial charge in [0.25, 0.3) is 0 Å². The molecule has 22 heavy (non-hydrogen) atoms. The third-order valence-corrected chi connectivity index (χ3v) is 4.60. The molecule has 0 saturated carbocycles. The monoisotopic (exact) mass is 311 g/mol. The van der Waals surface area contributed by atoms with Crippen molar-refractivity contribution in [2.75, 3.05) is 7.11 Å². The summed E-state index contributed by atoms with van der Waals surface area (Å²) in [6.07, 6.45) is 1.25. The van der Waals surface area contributed by atoms with E-state index in [0.717, 1.165) is 45.5 Å². The Balaban J connectivity index is 2.09. The lowest BCUT2D eigenvalue weighted by molar-refractivity contribution is 0.0982. The number of aryl methyl sites for hydroxylation is 1. The van der Waals surface area contributed by atoms with Crippen LogP contribution in [0.3, 0.4) is 0 Å². The van der Waals surface area contributed by atoms with Gasteiger partial charge in [0.05, 0.1) is 23.3 Å². The molecule has 0 spiro atoms. The highest BCUT2D eigenvalue weighted by atomic mass is 35.5. The van der Waals surface area contributed by atoms with Gasteiger partial charge in [-0.25, -0.2) is 0 Å². The lowest BCUT2D eigenvalue weighted by Crippen LogP contribution is -2.08. The lowest BCUT2D eigenvalue weighted by Gasteiger charge is -2.14. The smallest absolute Gasteiger partial charge is 0.163 e. The number of H-pyrrole nitrogens is 1. The summed E-state index contributed by atoms with van der Waals surface area (Å²) in [5, 5.41) is 1.60. The van der Waals surface area contributed by atoms with E-state index in [2.05, 4.69) is 4.98 Å². The Hall–Kier alpha value is -2.26. The van der Waals surface area contributed by atoms with Gasteiger partial charge in [-0.2, -0.15) is 0 Å². The van der Waals surface area contributed by atoms with E-state index in [0.29, 0.717) is 11.4 Å². The highest BCUT2D eigenvalue weighted by Gasteiger charge is 2.26. The fourth-order valence-electron chi connectivity index (χ4n) is 3.27. The van der Waals surface area contributed by atoms with Crippen molar-refractivity contribution in [2.45, 2.75) is 12.8 Å². The number of nitrogens with one attached hydrogen (secondary N) is 1. The summed E-state index contributed by atoms with van der Waals surface area (Å²) in [5.74, 6) is 0.986. The summed E-state index contributed by atoms with van der Waals surface area (Å²) in [6, 6.07) is 11.5. The van der Waals surface area contributed by atoms with E-state index in [1.54, 1.807) is 13.2 Å². The number of halogens is 1. The first kappa shape index (κ1) is 13.4. The van der Waals surface area contributed by atoms with E-state index < -0.39 is 0 Å². The SMILES string of the molecule is COc1ccccc1-c1[nH]c2c(Cl)ccc3c2c1CCC3=O. The molecule has 0 bridgehead atoms. The molecule has 3 aromatic rings. The molecule has 0 fully saturated rings. The van der Waals surface area contributed by atoms with Crippen LogP contribution < -0.4 is 4.74 Å². The molecule has 0 atom stereocenters. The van der Waals surface area contributed by atoms with Gasteiger partial charge in [0.1, 0.15) is 5.75 Å². The van der Waals surface area contributed by atoms with E-state index in [1.165, 1.54) is 0 Å². The number of carbonyl (C=O) groups is 1. The lowest BCUT2D eigenvalue weighted by atomic mass is 9.89. The topological polar surface area (TPSA) is 42.1 Å². The van der Waals surface area contributed by atoms with Crippen molar-refractivity contribution in [2.24, 2.45) is 0 Å². The number of Topliss-reactive ketones (excluding diaryl/α,β-unsaturated/α-hetero) is 1. The van der Waals surface area contributed by atoms with Crippen LogP contribution in [-0.2, 0) is 6.42 Å². The van der Waals surface area contributed by atoms with E-state index in [1.807, 2.05) is 30.3 Å². The second-order valence-electron chi connectivity index (χ2n) is 5.45. The number of rotatable bonds is 2. The van der Waals surface area contributed by atoms with Gasteiger partial charge in [0.2, 0.25) is 0 Å². The van der Waals surface area contributed by atoms with Gasteiger partial charge in [-0.15, -0.1) is 0 Å². The minimum absolute atomic E-state index is 0.180. The first-order chi connectivity index (χ1) is 10.7. The molecule has 110 valence electrons. The van der Waals surface area contributed by atoms with E-state index in [-0.39, 0.29) is 5.78 Å². The second-order valence-corrected chi connectivity index (χ2v) is 5.85. The van der Waals surface area contributed by atoms with Crippen LogP contribution in [0.5, 0.6) is 5.75 Å². The fourth-order valence-corrected chi connectivity index (χ4v) is 3.48. The van der Waals surface area contributed by atoms with E-state index in [4.69, 9.17) is 16.3 Å². The minimum atomic E-state index is 0.180. The largest absolute Gasteiger partial charge is 0.496 e. The summed E-state index contributed by atoms with van der Waals surface area (Å²) in [7, 11) is 1.66. The standard InChI is InChI=1S/C18H14ClNO2/c1-22-15-5-3-2-4-11(15)17-12-7-9-14(21)10-6-8-13(19)18(20-17)16(10)12/h2-6,8,20H,7,9H2,1H3. The molecule has 1 heterocycles. The Kier molecular flexibility index (Phi) is 2.98. The average Bonchev–Trinajstić information content (AvgIpc) is 2.93. The van der Waals surface area contributed by atoms with Crippen molar-refractivity contribution in [3.8, 4) is 17.0 Å². The van der Waals surface area contributed by atoms with Crippen LogP contribution in [0.15, 0.2) is 36.4 Å². The number of aromatic amines is 1. The summed E-state index contributed by atoms with van der Waals surface area (Å²) in [6.45, 7) is 0. The summed E-state index contributed by atoms with van der Waals surface area (Å²) >= 11 is 6.33. The van der Waals surface area contributed by atoms with Gasteiger partial charge >= 0.3 is 0 Å². The second kappa shape index (κ2) is 4.89. The van der Waals surface area contributed by atoms with Crippen LogP contribution in [0.1, 0.15) is 22.3 Å². The molecule has 0 aliphatic heterocycles. The molecule has 1 aliphatic carbocycles. The normalized spacial score (nSPS) is 13.6. The first-order valence-electron chi connectivity index (χ1n) is 7.20. The van der Waals surface area contributed by atoms with E-state index in [9.17, 15) is 4.79 Å². The number of aromatic nitrogens is 1. The predicted molar refractivity (Wildman–Crippen MR) is 87.9 cm³/mol. The van der Waals surface area contributed by atoms with Crippen molar-refractivity contribution in [1.82, 2.24) is 4.98 Å². The molecule has 4 heteroatoms. The van der Waals surface area contributed by atoms with Crippen LogP contribution in [0.25, 0.3) is 22.2 Å². The Morgan fingerprint density at radius 1 is 1.09 bits per heavy atom. The van der Waals surface area contributed by atoms with Crippen molar-refractivity contribution in [3.05, 3.63) is 52.5 Å². The average molecular weight is 312 g/mol. The number of methoxy groups -OCH3 is 1. The number of carbonyl (C=O) groups excluding carboxylic acids is 1. The molecule has 0 radical (unpaired) electrons. The molecule has 2 aromatic carbocycles. The third-order valence-electron chi connectivity index (χ3n) is 4.29. The maximum absolute atomic E-state index is 12.2. The highest BCUT2D eigenvalue weighted by Crippen LogP contribution is 2.41. The zero-order valence-corrected chi connectivity index (χ0v) is 12.8. The maximum Gasteiger partial charge on any atom is 0.163 e. The summed E-state index contributed by atoms with van der Waals surface area (Å²) in [4.78, 5) is 15.6. The molecule has 1 N–H and O–H groups in total. The van der Waals surface area contributed by atoms with Gasteiger partial charge in [0.15, 0.2) is 5.78 Å². The molecule has 1 aliphatic rings. The van der Waals surface area contributed by atoms with Gasteiger partial charge in [-0.1, -0.05) is 23.7 Å². The molecular formula is C18H14ClNO2. The van der Waals surface area contributed by atoms with Gasteiger partial charge < -0.3 is 9.72 Å². The molecule has 0 saturated heterocycles. The molecule has 4 rings (SSSR count).